The molecule has 6 nitrogen and oxygen atoms in total. The molecular weight excluding hydrogens is 264 g/mol. The van der Waals surface area contributed by atoms with Crippen molar-refractivity contribution in [3.05, 3.63) is 36.3 Å². The van der Waals surface area contributed by atoms with Crippen LogP contribution >= 0.6 is 0 Å². The number of para-hydroxylation sites is 2. The summed E-state index contributed by atoms with van der Waals surface area (Å²) in [5.41, 5.74) is 6.74. The van der Waals surface area contributed by atoms with E-state index in [-0.39, 0.29) is 11.6 Å². The van der Waals surface area contributed by atoms with Gasteiger partial charge in [0, 0.05) is 6.54 Å². The number of hydrogen-bond acceptors (Lipinski definition) is 4. The zero-order valence-corrected chi connectivity index (χ0v) is 11.6. The lowest BCUT2D eigenvalue weighted by atomic mass is 10.3. The van der Waals surface area contributed by atoms with E-state index in [4.69, 9.17) is 5.73 Å². The van der Waals surface area contributed by atoms with E-state index >= 15 is 0 Å². The number of benzene rings is 1. The summed E-state index contributed by atoms with van der Waals surface area (Å²) in [5.74, 6) is 0.552. The van der Waals surface area contributed by atoms with Gasteiger partial charge in [0.15, 0.2) is 5.03 Å². The molecule has 0 aliphatic rings. The van der Waals surface area contributed by atoms with Gasteiger partial charge >= 0.3 is 0 Å². The zero-order valence-electron chi connectivity index (χ0n) is 10.8. The van der Waals surface area contributed by atoms with Crippen LogP contribution in [0.3, 0.4) is 0 Å². The summed E-state index contributed by atoms with van der Waals surface area (Å²) in [7, 11) is -3.67. The van der Waals surface area contributed by atoms with Gasteiger partial charge in [0.05, 0.1) is 17.6 Å². The lowest BCUT2D eigenvalue weighted by Gasteiger charge is -2.23. The van der Waals surface area contributed by atoms with Gasteiger partial charge in [-0.15, -0.1) is 0 Å². The smallest absolute Gasteiger partial charge is 0.281 e. The fourth-order valence-corrected chi connectivity index (χ4v) is 3.30. The monoisotopic (exact) mass is 280 g/mol. The Hall–Kier alpha value is -2.02. The molecule has 0 saturated carbocycles. The van der Waals surface area contributed by atoms with Crippen LogP contribution < -0.4 is 10.0 Å². The van der Waals surface area contributed by atoms with E-state index in [1.807, 2.05) is 0 Å². The summed E-state index contributed by atoms with van der Waals surface area (Å²) in [4.78, 5) is 6.66. The van der Waals surface area contributed by atoms with Crippen LogP contribution in [-0.4, -0.2) is 24.9 Å². The molecule has 3 N–H and O–H groups in total. The molecule has 0 fully saturated rings. The molecule has 0 aliphatic carbocycles. The van der Waals surface area contributed by atoms with E-state index in [9.17, 15) is 8.42 Å². The van der Waals surface area contributed by atoms with Crippen LogP contribution in [0.1, 0.15) is 12.7 Å². The summed E-state index contributed by atoms with van der Waals surface area (Å²) in [6.07, 6.45) is 1.31. The van der Waals surface area contributed by atoms with Gasteiger partial charge in [0.1, 0.15) is 5.82 Å². The Morgan fingerprint density at radius 3 is 2.58 bits per heavy atom. The van der Waals surface area contributed by atoms with E-state index in [0.29, 0.717) is 17.2 Å². The SMILES string of the molecule is CCN(c1ccccc1N)S(=O)(=O)c1cnc(C)[nH]1. The van der Waals surface area contributed by atoms with Crippen molar-refractivity contribution in [1.82, 2.24) is 9.97 Å². The first kappa shape index (κ1) is 13.4. The van der Waals surface area contributed by atoms with Gasteiger partial charge in [0.25, 0.3) is 10.0 Å². The molecule has 1 heterocycles. The maximum absolute atomic E-state index is 12.5. The number of hydrogen-bond donors (Lipinski definition) is 2. The molecule has 0 bridgehead atoms. The number of imidazole rings is 1. The molecule has 102 valence electrons. The summed E-state index contributed by atoms with van der Waals surface area (Å²) < 4.78 is 26.3. The highest BCUT2D eigenvalue weighted by Gasteiger charge is 2.26. The summed E-state index contributed by atoms with van der Waals surface area (Å²) in [6.45, 7) is 3.74. The van der Waals surface area contributed by atoms with Gasteiger partial charge in [-0.1, -0.05) is 12.1 Å². The van der Waals surface area contributed by atoms with E-state index in [2.05, 4.69) is 9.97 Å². The fourth-order valence-electron chi connectivity index (χ4n) is 1.83. The average Bonchev–Trinajstić information content (AvgIpc) is 2.80. The molecule has 0 spiro atoms. The highest BCUT2D eigenvalue weighted by Crippen LogP contribution is 2.27. The predicted molar refractivity (Wildman–Crippen MR) is 74.4 cm³/mol. The van der Waals surface area contributed by atoms with Crippen LogP contribution in [0.15, 0.2) is 35.5 Å². The third-order valence-electron chi connectivity index (χ3n) is 2.74. The number of rotatable bonds is 4. The van der Waals surface area contributed by atoms with Gasteiger partial charge in [-0.2, -0.15) is 8.42 Å². The van der Waals surface area contributed by atoms with Crippen LogP contribution in [0.4, 0.5) is 11.4 Å². The topological polar surface area (TPSA) is 92.1 Å². The fraction of sp³-hybridized carbons (Fsp3) is 0.250. The molecule has 1 aromatic carbocycles. The standard InChI is InChI=1S/C12H16N4O2S/c1-3-16(11-7-5-4-6-10(11)13)19(17,18)12-8-14-9(2)15-12/h4-8H,3,13H2,1-2H3,(H,14,15). The van der Waals surface area contributed by atoms with Crippen molar-refractivity contribution >= 4 is 21.4 Å². The number of aromatic amines is 1. The molecule has 0 radical (unpaired) electrons. The van der Waals surface area contributed by atoms with Crippen LogP contribution in [0.2, 0.25) is 0 Å². The van der Waals surface area contributed by atoms with Crippen LogP contribution in [0.5, 0.6) is 0 Å². The normalized spacial score (nSPS) is 11.5. The van der Waals surface area contributed by atoms with Crippen LogP contribution in [0, 0.1) is 6.92 Å². The molecule has 7 heteroatoms. The van der Waals surface area contributed by atoms with E-state index in [1.165, 1.54) is 10.5 Å². The Kier molecular flexibility index (Phi) is 3.48. The second kappa shape index (κ2) is 4.93. The Morgan fingerprint density at radius 2 is 2.05 bits per heavy atom. The van der Waals surface area contributed by atoms with Crippen molar-refractivity contribution in [3.8, 4) is 0 Å². The third kappa shape index (κ3) is 2.41. The number of aryl methyl sites for hydroxylation is 1. The second-order valence-electron chi connectivity index (χ2n) is 4.06. The van der Waals surface area contributed by atoms with Gasteiger partial charge < -0.3 is 10.7 Å². The van der Waals surface area contributed by atoms with Crippen molar-refractivity contribution in [3.63, 3.8) is 0 Å². The molecule has 0 saturated heterocycles. The Morgan fingerprint density at radius 1 is 1.37 bits per heavy atom. The van der Waals surface area contributed by atoms with Gasteiger partial charge in [-0.05, 0) is 26.0 Å². The number of sulfonamides is 1. The minimum Gasteiger partial charge on any atom is -0.397 e. The van der Waals surface area contributed by atoms with Crippen molar-refractivity contribution in [2.45, 2.75) is 18.9 Å². The third-order valence-corrected chi connectivity index (χ3v) is 4.54. The number of nitrogen functional groups attached to an aromatic ring is 1. The summed E-state index contributed by atoms with van der Waals surface area (Å²) in [5, 5.41) is 0.0649. The zero-order chi connectivity index (χ0) is 14.0. The number of nitrogens with one attached hydrogen (secondary N) is 1. The van der Waals surface area contributed by atoms with E-state index < -0.39 is 10.0 Å². The molecule has 19 heavy (non-hydrogen) atoms. The number of nitrogens with two attached hydrogens (primary N) is 1. The highest BCUT2D eigenvalue weighted by molar-refractivity contribution is 7.92. The second-order valence-corrected chi connectivity index (χ2v) is 5.89. The minimum atomic E-state index is -3.67. The summed E-state index contributed by atoms with van der Waals surface area (Å²) in [6, 6.07) is 6.87. The molecule has 0 aliphatic heterocycles. The quantitative estimate of drug-likeness (QED) is 0.830. The number of anilines is 2. The average molecular weight is 280 g/mol. The van der Waals surface area contributed by atoms with Crippen molar-refractivity contribution in [2.75, 3.05) is 16.6 Å². The number of nitrogens with zero attached hydrogens (tertiary/aromatic N) is 2. The number of aromatic nitrogens is 2. The molecular formula is C12H16N4O2S. The maximum Gasteiger partial charge on any atom is 0.281 e. The summed E-state index contributed by atoms with van der Waals surface area (Å²) >= 11 is 0. The molecule has 2 aromatic rings. The molecule has 0 atom stereocenters. The van der Waals surface area contributed by atoms with Crippen molar-refractivity contribution in [1.29, 1.82) is 0 Å². The van der Waals surface area contributed by atoms with Crippen molar-refractivity contribution in [2.24, 2.45) is 0 Å². The highest BCUT2D eigenvalue weighted by atomic mass is 32.2. The largest absolute Gasteiger partial charge is 0.397 e. The maximum atomic E-state index is 12.5. The number of H-pyrrole nitrogens is 1. The van der Waals surface area contributed by atoms with Gasteiger partial charge in [0.2, 0.25) is 0 Å². The van der Waals surface area contributed by atoms with E-state index in [1.54, 1.807) is 38.1 Å². The lowest BCUT2D eigenvalue weighted by Crippen LogP contribution is -2.31. The van der Waals surface area contributed by atoms with E-state index in [0.717, 1.165) is 0 Å². The molecule has 2 rings (SSSR count). The van der Waals surface area contributed by atoms with Crippen molar-refractivity contribution < 1.29 is 8.42 Å². The molecule has 0 amide bonds. The van der Waals surface area contributed by atoms with Crippen LogP contribution in [0.25, 0.3) is 0 Å². The Balaban J connectivity index is 2.51. The first-order valence-electron chi connectivity index (χ1n) is 5.85. The first-order valence-corrected chi connectivity index (χ1v) is 7.29. The first-order chi connectivity index (χ1) is 8.96. The van der Waals surface area contributed by atoms with Crippen LogP contribution in [-0.2, 0) is 10.0 Å². The van der Waals surface area contributed by atoms with Gasteiger partial charge in [-0.3, -0.25) is 4.31 Å². The minimum absolute atomic E-state index is 0.0649. The predicted octanol–water partition coefficient (Wildman–Crippen LogP) is 1.52. The van der Waals surface area contributed by atoms with Gasteiger partial charge in [-0.25, -0.2) is 4.98 Å². The Labute approximate surface area is 112 Å². The lowest BCUT2D eigenvalue weighted by molar-refractivity contribution is 0.588. The Bertz CT molecular complexity index is 679. The molecule has 0 unspecified atom stereocenters. The molecule has 1 aromatic heterocycles.